The van der Waals surface area contributed by atoms with Crippen LogP contribution < -0.4 is 16.6 Å². The molecular weight excluding hydrogens is 398 g/mol. The molecular formula is C21H21N7O3. The van der Waals surface area contributed by atoms with Gasteiger partial charge in [0.15, 0.2) is 0 Å². The van der Waals surface area contributed by atoms with Gasteiger partial charge in [0, 0.05) is 12.7 Å². The fourth-order valence-electron chi connectivity index (χ4n) is 3.40. The molecule has 31 heavy (non-hydrogen) atoms. The lowest BCUT2D eigenvalue weighted by molar-refractivity contribution is 0.0931. The first-order chi connectivity index (χ1) is 15.1. The summed E-state index contributed by atoms with van der Waals surface area (Å²) >= 11 is 0. The third-order valence-corrected chi connectivity index (χ3v) is 4.89. The Morgan fingerprint density at radius 1 is 1.23 bits per heavy atom. The summed E-state index contributed by atoms with van der Waals surface area (Å²) in [5.41, 5.74) is 0.293. The third-order valence-electron chi connectivity index (χ3n) is 4.89. The first-order valence-corrected chi connectivity index (χ1v) is 9.88. The predicted molar refractivity (Wildman–Crippen MR) is 114 cm³/mol. The number of pyridine rings is 1. The van der Waals surface area contributed by atoms with Gasteiger partial charge in [-0.1, -0.05) is 37.3 Å². The summed E-state index contributed by atoms with van der Waals surface area (Å²) in [7, 11) is 0. The molecule has 3 aromatic heterocycles. The Labute approximate surface area is 176 Å². The number of hydrogen-bond acceptors (Lipinski definition) is 6. The van der Waals surface area contributed by atoms with Crippen LogP contribution in [0.2, 0.25) is 0 Å². The van der Waals surface area contributed by atoms with Gasteiger partial charge >= 0.3 is 5.69 Å². The van der Waals surface area contributed by atoms with E-state index in [0.29, 0.717) is 19.5 Å². The minimum absolute atomic E-state index is 0.188. The average Bonchev–Trinajstić information content (AvgIpc) is 3.29. The van der Waals surface area contributed by atoms with Crippen molar-refractivity contribution >= 4 is 16.9 Å². The van der Waals surface area contributed by atoms with Gasteiger partial charge in [-0.3, -0.25) is 23.8 Å². The second-order valence-electron chi connectivity index (χ2n) is 7.06. The van der Waals surface area contributed by atoms with Crippen LogP contribution in [0.3, 0.4) is 0 Å². The van der Waals surface area contributed by atoms with Gasteiger partial charge in [-0.05, 0) is 18.1 Å². The van der Waals surface area contributed by atoms with Crippen LogP contribution >= 0.6 is 0 Å². The van der Waals surface area contributed by atoms with Crippen molar-refractivity contribution in [3.05, 3.63) is 87.2 Å². The Hall–Kier alpha value is -4.08. The summed E-state index contributed by atoms with van der Waals surface area (Å²) in [6.45, 7) is 2.72. The summed E-state index contributed by atoms with van der Waals surface area (Å²) < 4.78 is 3.03. The minimum Gasteiger partial charge on any atom is -0.343 e. The molecule has 0 saturated heterocycles. The topological polar surface area (TPSA) is 128 Å². The first-order valence-electron chi connectivity index (χ1n) is 9.88. The van der Waals surface area contributed by atoms with E-state index in [1.165, 1.54) is 23.2 Å². The van der Waals surface area contributed by atoms with Gasteiger partial charge in [0.1, 0.15) is 18.3 Å². The molecule has 0 saturated carbocycles. The Kier molecular flexibility index (Phi) is 5.69. The molecule has 0 bridgehead atoms. The van der Waals surface area contributed by atoms with Gasteiger partial charge in [-0.2, -0.15) is 5.10 Å². The minimum atomic E-state index is -0.572. The van der Waals surface area contributed by atoms with Crippen molar-refractivity contribution in [2.75, 3.05) is 0 Å². The number of nitrogens with zero attached hydrogens (tertiary/aromatic N) is 5. The number of benzene rings is 1. The zero-order valence-corrected chi connectivity index (χ0v) is 16.9. The number of aromatic amines is 1. The third kappa shape index (κ3) is 4.27. The van der Waals surface area contributed by atoms with E-state index in [4.69, 9.17) is 0 Å². The molecule has 4 aromatic rings. The molecule has 158 valence electrons. The summed E-state index contributed by atoms with van der Waals surface area (Å²) in [5, 5.41) is 7.28. The number of amides is 1. The largest absolute Gasteiger partial charge is 0.343 e. The van der Waals surface area contributed by atoms with E-state index >= 15 is 0 Å². The Morgan fingerprint density at radius 2 is 2.03 bits per heavy atom. The maximum atomic E-state index is 13.0. The predicted octanol–water partition coefficient (Wildman–Crippen LogP) is 1.26. The summed E-state index contributed by atoms with van der Waals surface area (Å²) in [4.78, 5) is 47.9. The van der Waals surface area contributed by atoms with Gasteiger partial charge < -0.3 is 5.32 Å². The van der Waals surface area contributed by atoms with Crippen LogP contribution in [-0.2, 0) is 13.1 Å². The monoisotopic (exact) mass is 419 g/mol. The average molecular weight is 419 g/mol. The lowest BCUT2D eigenvalue weighted by Gasteiger charge is -2.19. The van der Waals surface area contributed by atoms with E-state index < -0.39 is 17.2 Å². The molecule has 0 fully saturated rings. The number of rotatable bonds is 7. The number of carbonyl (C=O) groups excluding carboxylic acids is 1. The molecule has 1 aromatic carbocycles. The summed E-state index contributed by atoms with van der Waals surface area (Å²) in [6.07, 6.45) is 5.08. The van der Waals surface area contributed by atoms with E-state index in [1.54, 1.807) is 11.0 Å². The highest BCUT2D eigenvalue weighted by atomic mass is 16.2. The number of hydrogen-bond donors (Lipinski definition) is 2. The number of nitrogens with one attached hydrogen (secondary N) is 2. The van der Waals surface area contributed by atoms with Crippen molar-refractivity contribution < 1.29 is 4.79 Å². The van der Waals surface area contributed by atoms with Crippen LogP contribution in [0, 0.1) is 0 Å². The van der Waals surface area contributed by atoms with Gasteiger partial charge in [-0.15, -0.1) is 0 Å². The van der Waals surface area contributed by atoms with Crippen molar-refractivity contribution in [3.63, 3.8) is 0 Å². The van der Waals surface area contributed by atoms with Crippen LogP contribution in [0.1, 0.15) is 35.3 Å². The fraction of sp³-hybridized carbons (Fsp3) is 0.238. The molecule has 0 aliphatic rings. The van der Waals surface area contributed by atoms with Crippen LogP contribution in [0.25, 0.3) is 11.0 Å². The molecule has 3 heterocycles. The van der Waals surface area contributed by atoms with Crippen molar-refractivity contribution in [2.45, 2.75) is 32.5 Å². The maximum absolute atomic E-state index is 13.0. The zero-order valence-electron chi connectivity index (χ0n) is 16.9. The smallest absolute Gasteiger partial charge is 0.329 e. The Balaban J connectivity index is 1.67. The molecule has 10 heteroatoms. The van der Waals surface area contributed by atoms with Crippen LogP contribution in [0.5, 0.6) is 0 Å². The quantitative estimate of drug-likeness (QED) is 0.464. The van der Waals surface area contributed by atoms with E-state index in [-0.39, 0.29) is 22.6 Å². The number of fused-ring (bicyclic) bond motifs is 1. The zero-order chi connectivity index (χ0) is 21.8. The molecule has 1 atom stereocenters. The number of aromatic nitrogens is 6. The van der Waals surface area contributed by atoms with Crippen LogP contribution in [-0.4, -0.2) is 35.2 Å². The fourth-order valence-corrected chi connectivity index (χ4v) is 3.40. The summed E-state index contributed by atoms with van der Waals surface area (Å²) in [5.74, 6) is -0.393. The molecule has 0 radical (unpaired) electrons. The molecule has 4 rings (SSSR count). The molecule has 10 nitrogen and oxygen atoms in total. The first kappa shape index (κ1) is 20.2. The molecule has 1 amide bonds. The number of H-pyrrole nitrogens is 1. The number of aryl methyl sites for hydroxylation is 1. The molecule has 0 aliphatic carbocycles. The van der Waals surface area contributed by atoms with Crippen LogP contribution in [0.15, 0.2) is 64.8 Å². The number of carbonyl (C=O) groups is 1. The van der Waals surface area contributed by atoms with Crippen LogP contribution in [0.4, 0.5) is 0 Å². The molecule has 0 aliphatic heterocycles. The summed E-state index contributed by atoms with van der Waals surface area (Å²) in [6, 6.07) is 10.6. The standard InChI is InChI=1S/C21H21N7O3/c1-2-8-28-18-16(20(30)26-21(28)31)9-15(10-23-18)19(29)25-17(11-27-13-22-12-24-27)14-6-4-3-5-7-14/h3-7,9-10,12-13,17H,2,8,11H2,1H3,(H,25,29)(H,26,30,31). The highest BCUT2D eigenvalue weighted by molar-refractivity contribution is 5.96. The van der Waals surface area contributed by atoms with E-state index in [0.717, 1.165) is 5.56 Å². The lowest BCUT2D eigenvalue weighted by Crippen LogP contribution is -2.33. The SMILES string of the molecule is CCCn1c(=O)[nH]c(=O)c2cc(C(=O)NC(Cn3cncn3)c3ccccc3)cnc21. The second-order valence-corrected chi connectivity index (χ2v) is 7.06. The highest BCUT2D eigenvalue weighted by Crippen LogP contribution is 2.16. The van der Waals surface area contributed by atoms with Crippen molar-refractivity contribution in [2.24, 2.45) is 0 Å². The highest BCUT2D eigenvalue weighted by Gasteiger charge is 2.18. The Bertz CT molecular complexity index is 1310. The van der Waals surface area contributed by atoms with Crippen molar-refractivity contribution in [3.8, 4) is 0 Å². The van der Waals surface area contributed by atoms with Gasteiger partial charge in [-0.25, -0.2) is 14.8 Å². The van der Waals surface area contributed by atoms with Crippen molar-refractivity contribution in [1.29, 1.82) is 0 Å². The van der Waals surface area contributed by atoms with Gasteiger partial charge in [0.05, 0.1) is 23.5 Å². The molecule has 2 N–H and O–H groups in total. The van der Waals surface area contributed by atoms with Crippen molar-refractivity contribution in [1.82, 2.24) is 34.6 Å². The maximum Gasteiger partial charge on any atom is 0.329 e. The van der Waals surface area contributed by atoms with Gasteiger partial charge in [0.2, 0.25) is 0 Å². The second kappa shape index (κ2) is 8.74. The Morgan fingerprint density at radius 3 is 2.74 bits per heavy atom. The van der Waals surface area contributed by atoms with E-state index in [2.05, 4.69) is 25.4 Å². The normalized spacial score (nSPS) is 12.0. The van der Waals surface area contributed by atoms with Gasteiger partial charge in [0.25, 0.3) is 11.5 Å². The van der Waals surface area contributed by atoms with E-state index in [1.807, 2.05) is 37.3 Å². The molecule has 1 unspecified atom stereocenters. The van der Waals surface area contributed by atoms with E-state index in [9.17, 15) is 14.4 Å². The lowest BCUT2D eigenvalue weighted by atomic mass is 10.1. The molecule has 0 spiro atoms.